The Morgan fingerprint density at radius 1 is 1.07 bits per heavy atom. The number of piperidine rings is 1. The molecule has 0 aliphatic carbocycles. The van der Waals surface area contributed by atoms with Gasteiger partial charge < -0.3 is 15.1 Å². The lowest BCUT2D eigenvalue weighted by Crippen LogP contribution is -2.53. The van der Waals surface area contributed by atoms with Crippen molar-refractivity contribution in [2.75, 3.05) is 51.1 Å². The van der Waals surface area contributed by atoms with E-state index < -0.39 is 0 Å². The smallest absolute Gasteiger partial charge is 0.236 e. The largest absolute Gasteiger partial charge is 0.346 e. The second kappa shape index (κ2) is 9.23. The molecule has 1 N–H and O–H groups in total. The Bertz CT molecular complexity index is 704. The van der Waals surface area contributed by atoms with E-state index in [1.807, 2.05) is 0 Å². The van der Waals surface area contributed by atoms with E-state index >= 15 is 0 Å². The third-order valence-corrected chi connectivity index (χ3v) is 6.23. The lowest BCUT2D eigenvalue weighted by molar-refractivity contribution is -0.135. The molecule has 2 fully saturated rings. The van der Waals surface area contributed by atoms with Crippen LogP contribution in [0.15, 0.2) is 18.2 Å². The van der Waals surface area contributed by atoms with Crippen LogP contribution < -0.4 is 5.32 Å². The summed E-state index contributed by atoms with van der Waals surface area (Å²) in [4.78, 5) is 19.3. The summed E-state index contributed by atoms with van der Waals surface area (Å²) in [6.45, 7) is 14.5. The molecule has 6 heteroatoms. The molecular formula is C22H34N4OS. The highest BCUT2D eigenvalue weighted by Crippen LogP contribution is 2.21. The van der Waals surface area contributed by atoms with E-state index in [0.717, 1.165) is 50.1 Å². The Hall–Kier alpha value is -1.66. The maximum absolute atomic E-state index is 12.7. The number of carbonyl (C=O) groups is 1. The van der Waals surface area contributed by atoms with Gasteiger partial charge in [-0.15, -0.1) is 0 Å². The van der Waals surface area contributed by atoms with Crippen molar-refractivity contribution in [3.63, 3.8) is 0 Å². The van der Waals surface area contributed by atoms with Crippen LogP contribution in [0.2, 0.25) is 0 Å². The van der Waals surface area contributed by atoms with Crippen molar-refractivity contribution in [3.05, 3.63) is 29.3 Å². The number of hydrogen-bond acceptors (Lipinski definition) is 3. The Morgan fingerprint density at radius 3 is 2.36 bits per heavy atom. The summed E-state index contributed by atoms with van der Waals surface area (Å²) in [5.74, 6) is 1.50. The van der Waals surface area contributed by atoms with Gasteiger partial charge in [-0.05, 0) is 61.5 Å². The van der Waals surface area contributed by atoms with Crippen molar-refractivity contribution in [2.45, 2.75) is 34.1 Å². The highest BCUT2D eigenvalue weighted by Gasteiger charge is 2.27. The number of hydrogen-bond donors (Lipinski definition) is 1. The molecule has 2 heterocycles. The highest BCUT2D eigenvalue weighted by molar-refractivity contribution is 7.80. The molecule has 0 unspecified atom stereocenters. The van der Waals surface area contributed by atoms with Crippen LogP contribution in [-0.4, -0.2) is 71.5 Å². The van der Waals surface area contributed by atoms with Gasteiger partial charge in [-0.2, -0.15) is 0 Å². The molecule has 3 rings (SSSR count). The third-order valence-electron chi connectivity index (χ3n) is 5.87. The SMILES string of the molecule is Cc1ccc(C)c(NC(=S)N2CCN(CC(=O)N3C[C@@H](C)C[C@H](C)C3)CC2)c1. The van der Waals surface area contributed by atoms with E-state index in [0.29, 0.717) is 18.4 Å². The number of thiocarbonyl (C=S) groups is 1. The molecule has 2 aliphatic rings. The number of anilines is 1. The van der Waals surface area contributed by atoms with Crippen molar-refractivity contribution < 1.29 is 4.79 Å². The summed E-state index contributed by atoms with van der Waals surface area (Å²) in [6.07, 6.45) is 1.23. The molecule has 1 aromatic carbocycles. The van der Waals surface area contributed by atoms with Gasteiger partial charge in [0.05, 0.1) is 6.54 Å². The van der Waals surface area contributed by atoms with Gasteiger partial charge in [0.25, 0.3) is 0 Å². The van der Waals surface area contributed by atoms with Gasteiger partial charge in [-0.3, -0.25) is 9.69 Å². The zero-order valence-corrected chi connectivity index (χ0v) is 18.5. The number of piperazine rings is 1. The molecule has 154 valence electrons. The van der Waals surface area contributed by atoms with Crippen LogP contribution in [0.25, 0.3) is 0 Å². The van der Waals surface area contributed by atoms with E-state index in [1.54, 1.807) is 0 Å². The summed E-state index contributed by atoms with van der Waals surface area (Å²) >= 11 is 5.63. The maximum Gasteiger partial charge on any atom is 0.236 e. The Labute approximate surface area is 175 Å². The van der Waals surface area contributed by atoms with Gasteiger partial charge in [-0.1, -0.05) is 26.0 Å². The first kappa shape index (κ1) is 21.1. The first-order chi connectivity index (χ1) is 13.3. The van der Waals surface area contributed by atoms with E-state index in [1.165, 1.54) is 17.5 Å². The standard InChI is InChI=1S/C22H34N4OS/c1-16-5-6-19(4)20(12-16)23-22(28)25-9-7-24(8-10-25)15-21(27)26-13-17(2)11-18(3)14-26/h5-6,12,17-18H,7-11,13-15H2,1-4H3,(H,23,28)/t17-,18-/m0/s1. The van der Waals surface area contributed by atoms with Crippen LogP contribution in [0.3, 0.4) is 0 Å². The number of benzene rings is 1. The Kier molecular flexibility index (Phi) is 6.94. The molecule has 0 saturated carbocycles. The summed E-state index contributed by atoms with van der Waals surface area (Å²) in [5.41, 5.74) is 3.50. The molecule has 28 heavy (non-hydrogen) atoms. The average Bonchev–Trinajstić information content (AvgIpc) is 2.64. The van der Waals surface area contributed by atoms with Gasteiger partial charge in [0.15, 0.2) is 5.11 Å². The van der Waals surface area contributed by atoms with Gasteiger partial charge in [0, 0.05) is 45.0 Å². The highest BCUT2D eigenvalue weighted by atomic mass is 32.1. The van der Waals surface area contributed by atoms with Crippen molar-refractivity contribution in [1.82, 2.24) is 14.7 Å². The van der Waals surface area contributed by atoms with Crippen LogP contribution in [0, 0.1) is 25.7 Å². The topological polar surface area (TPSA) is 38.8 Å². The van der Waals surface area contributed by atoms with Crippen LogP contribution in [0.5, 0.6) is 0 Å². The number of rotatable bonds is 3. The molecule has 2 saturated heterocycles. The molecule has 5 nitrogen and oxygen atoms in total. The minimum atomic E-state index is 0.280. The minimum absolute atomic E-state index is 0.280. The summed E-state index contributed by atoms with van der Waals surface area (Å²) in [7, 11) is 0. The van der Waals surface area contributed by atoms with E-state index in [4.69, 9.17) is 12.2 Å². The van der Waals surface area contributed by atoms with Crippen LogP contribution in [-0.2, 0) is 4.79 Å². The van der Waals surface area contributed by atoms with Crippen LogP contribution in [0.1, 0.15) is 31.4 Å². The molecule has 1 amide bonds. The summed E-state index contributed by atoms with van der Waals surface area (Å²) in [6, 6.07) is 6.37. The third kappa shape index (κ3) is 5.45. The normalized spacial score (nSPS) is 23.6. The maximum atomic E-state index is 12.7. The summed E-state index contributed by atoms with van der Waals surface area (Å²) < 4.78 is 0. The number of nitrogens with one attached hydrogen (secondary N) is 1. The molecule has 1 aromatic rings. The monoisotopic (exact) mass is 402 g/mol. The van der Waals surface area contributed by atoms with Gasteiger partial charge in [-0.25, -0.2) is 0 Å². The molecule has 0 bridgehead atoms. The minimum Gasteiger partial charge on any atom is -0.346 e. The lowest BCUT2D eigenvalue weighted by Gasteiger charge is -2.39. The molecular weight excluding hydrogens is 368 g/mol. The first-order valence-electron chi connectivity index (χ1n) is 10.4. The fourth-order valence-electron chi connectivity index (χ4n) is 4.33. The van der Waals surface area contributed by atoms with Crippen molar-refractivity contribution >= 4 is 28.9 Å². The molecule has 0 spiro atoms. The van der Waals surface area contributed by atoms with E-state index in [9.17, 15) is 4.79 Å². The number of amides is 1. The predicted octanol–water partition coefficient (Wildman–Crippen LogP) is 3.12. The lowest BCUT2D eigenvalue weighted by atomic mass is 9.92. The Morgan fingerprint density at radius 2 is 1.71 bits per heavy atom. The number of aryl methyl sites for hydroxylation is 2. The molecule has 2 atom stereocenters. The fraction of sp³-hybridized carbons (Fsp3) is 0.636. The fourth-order valence-corrected chi connectivity index (χ4v) is 4.62. The van der Waals surface area contributed by atoms with E-state index in [-0.39, 0.29) is 5.91 Å². The van der Waals surface area contributed by atoms with Gasteiger partial charge >= 0.3 is 0 Å². The van der Waals surface area contributed by atoms with Gasteiger partial charge in [0.1, 0.15) is 0 Å². The predicted molar refractivity (Wildman–Crippen MR) is 120 cm³/mol. The van der Waals surface area contributed by atoms with Crippen molar-refractivity contribution in [1.29, 1.82) is 0 Å². The average molecular weight is 403 g/mol. The van der Waals surface area contributed by atoms with Gasteiger partial charge in [0.2, 0.25) is 5.91 Å². The van der Waals surface area contributed by atoms with Crippen molar-refractivity contribution in [3.8, 4) is 0 Å². The molecule has 0 radical (unpaired) electrons. The molecule has 0 aromatic heterocycles. The van der Waals surface area contributed by atoms with Crippen molar-refractivity contribution in [2.24, 2.45) is 11.8 Å². The second-order valence-electron chi connectivity index (χ2n) is 8.76. The van der Waals surface area contributed by atoms with Crippen LogP contribution >= 0.6 is 12.2 Å². The van der Waals surface area contributed by atoms with Crippen LogP contribution in [0.4, 0.5) is 5.69 Å². The number of nitrogens with zero attached hydrogens (tertiary/aromatic N) is 3. The molecule has 2 aliphatic heterocycles. The zero-order chi connectivity index (χ0) is 20.3. The van der Waals surface area contributed by atoms with E-state index in [2.05, 4.69) is 65.9 Å². The first-order valence-corrected chi connectivity index (χ1v) is 10.9. The zero-order valence-electron chi connectivity index (χ0n) is 17.7. The number of carbonyl (C=O) groups excluding carboxylic acids is 1. The summed E-state index contributed by atoms with van der Waals surface area (Å²) in [5, 5.41) is 4.18. The second-order valence-corrected chi connectivity index (χ2v) is 9.14. The Balaban J connectivity index is 1.47. The quantitative estimate of drug-likeness (QED) is 0.787. The number of likely N-dealkylation sites (tertiary alicyclic amines) is 1.